The molecule has 2 unspecified atom stereocenters. The van der Waals surface area contributed by atoms with Crippen molar-refractivity contribution >= 4 is 11.3 Å². The molecule has 0 saturated carbocycles. The second-order valence-corrected chi connectivity index (χ2v) is 5.03. The lowest BCUT2D eigenvalue weighted by Crippen LogP contribution is -2.46. The Kier molecular flexibility index (Phi) is 2.70. The maximum Gasteiger partial charge on any atom is 0.154 e. The Morgan fingerprint density at radius 1 is 1.28 bits per heavy atom. The van der Waals surface area contributed by atoms with Crippen molar-refractivity contribution in [3.05, 3.63) is 24.2 Å². The number of rotatable bonds is 1. The number of aryl methyl sites for hydroxylation is 1. The maximum atomic E-state index is 5.76. The van der Waals surface area contributed by atoms with Crippen LogP contribution >= 0.6 is 0 Å². The molecule has 5 nitrogen and oxygen atoms in total. The number of aromatic nitrogens is 3. The van der Waals surface area contributed by atoms with Gasteiger partial charge in [0.25, 0.3) is 0 Å². The molecule has 3 heterocycles. The largest absolute Gasteiger partial charge is 0.372 e. The topological polar surface area (TPSA) is 42.7 Å². The average Bonchev–Trinajstić information content (AvgIpc) is 2.67. The lowest BCUT2D eigenvalue weighted by atomic mass is 10.2. The zero-order chi connectivity index (χ0) is 12.7. The standard InChI is InChI=1S/C13H18N4O/c1-9-6-12-13(14-4-5-17(12)15-9)16-7-10(2)18-11(3)8-16/h4-6,10-11H,7-8H2,1-3H3. The Hall–Kier alpha value is -1.62. The number of hydrogen-bond donors (Lipinski definition) is 0. The highest BCUT2D eigenvalue weighted by atomic mass is 16.5. The van der Waals surface area contributed by atoms with Crippen LogP contribution in [0.5, 0.6) is 0 Å². The van der Waals surface area contributed by atoms with E-state index in [2.05, 4.69) is 34.9 Å². The lowest BCUT2D eigenvalue weighted by Gasteiger charge is -2.36. The summed E-state index contributed by atoms with van der Waals surface area (Å²) in [7, 11) is 0. The predicted octanol–water partition coefficient (Wildman–Crippen LogP) is 1.65. The molecule has 0 spiro atoms. The van der Waals surface area contributed by atoms with Gasteiger partial charge in [0.15, 0.2) is 5.82 Å². The molecule has 18 heavy (non-hydrogen) atoms. The van der Waals surface area contributed by atoms with Crippen LogP contribution in [0, 0.1) is 6.92 Å². The van der Waals surface area contributed by atoms with Gasteiger partial charge in [-0.25, -0.2) is 9.50 Å². The molecule has 0 N–H and O–H groups in total. The fraction of sp³-hybridized carbons (Fsp3) is 0.538. The summed E-state index contributed by atoms with van der Waals surface area (Å²) in [5.74, 6) is 1.00. The normalized spacial score (nSPS) is 24.7. The van der Waals surface area contributed by atoms with Gasteiger partial charge in [-0.05, 0) is 26.8 Å². The summed E-state index contributed by atoms with van der Waals surface area (Å²) in [6, 6.07) is 2.08. The molecule has 0 amide bonds. The molecular formula is C13H18N4O. The van der Waals surface area contributed by atoms with Crippen molar-refractivity contribution in [2.75, 3.05) is 18.0 Å². The summed E-state index contributed by atoms with van der Waals surface area (Å²) >= 11 is 0. The van der Waals surface area contributed by atoms with Crippen molar-refractivity contribution in [3.8, 4) is 0 Å². The van der Waals surface area contributed by atoms with Gasteiger partial charge in [-0.2, -0.15) is 5.10 Å². The van der Waals surface area contributed by atoms with Crippen LogP contribution in [0.1, 0.15) is 19.5 Å². The molecule has 0 aromatic carbocycles. The van der Waals surface area contributed by atoms with Crippen molar-refractivity contribution in [3.63, 3.8) is 0 Å². The van der Waals surface area contributed by atoms with E-state index in [9.17, 15) is 0 Å². The SMILES string of the molecule is Cc1cc2c(N3CC(C)OC(C)C3)nccn2n1. The van der Waals surface area contributed by atoms with E-state index in [0.29, 0.717) is 0 Å². The van der Waals surface area contributed by atoms with Crippen molar-refractivity contribution in [1.82, 2.24) is 14.6 Å². The minimum Gasteiger partial charge on any atom is -0.372 e. The molecule has 1 aliphatic heterocycles. The molecule has 3 rings (SSSR count). The number of anilines is 1. The predicted molar refractivity (Wildman–Crippen MR) is 69.9 cm³/mol. The third kappa shape index (κ3) is 1.95. The first-order chi connectivity index (χ1) is 8.63. The third-order valence-corrected chi connectivity index (χ3v) is 3.21. The molecular weight excluding hydrogens is 228 g/mol. The first-order valence-corrected chi connectivity index (χ1v) is 6.35. The van der Waals surface area contributed by atoms with E-state index < -0.39 is 0 Å². The van der Waals surface area contributed by atoms with Crippen LogP contribution < -0.4 is 4.90 Å². The van der Waals surface area contributed by atoms with Crippen LogP contribution in [-0.2, 0) is 4.74 Å². The average molecular weight is 246 g/mol. The molecule has 5 heteroatoms. The van der Waals surface area contributed by atoms with Gasteiger partial charge >= 0.3 is 0 Å². The third-order valence-electron chi connectivity index (χ3n) is 3.21. The van der Waals surface area contributed by atoms with Crippen LogP contribution in [0.2, 0.25) is 0 Å². The summed E-state index contributed by atoms with van der Waals surface area (Å²) in [4.78, 5) is 6.81. The maximum absolute atomic E-state index is 5.76. The number of ether oxygens (including phenoxy) is 1. The zero-order valence-corrected chi connectivity index (χ0v) is 11.0. The van der Waals surface area contributed by atoms with E-state index in [4.69, 9.17) is 4.74 Å². The fourth-order valence-electron chi connectivity index (χ4n) is 2.63. The quantitative estimate of drug-likeness (QED) is 0.767. The van der Waals surface area contributed by atoms with E-state index >= 15 is 0 Å². The summed E-state index contributed by atoms with van der Waals surface area (Å²) in [5, 5.41) is 4.43. The lowest BCUT2D eigenvalue weighted by molar-refractivity contribution is -0.00538. The molecule has 2 aromatic rings. The van der Waals surface area contributed by atoms with Gasteiger partial charge in [0, 0.05) is 25.5 Å². The summed E-state index contributed by atoms with van der Waals surface area (Å²) in [6.45, 7) is 7.96. The molecule has 0 bridgehead atoms. The van der Waals surface area contributed by atoms with Gasteiger partial charge in [0.1, 0.15) is 5.52 Å². The first-order valence-electron chi connectivity index (χ1n) is 6.35. The smallest absolute Gasteiger partial charge is 0.154 e. The summed E-state index contributed by atoms with van der Waals surface area (Å²) in [6.07, 6.45) is 4.17. The molecule has 1 saturated heterocycles. The second kappa shape index (κ2) is 4.24. The number of nitrogens with zero attached hydrogens (tertiary/aromatic N) is 4. The van der Waals surface area contributed by atoms with Gasteiger partial charge in [-0.15, -0.1) is 0 Å². The number of hydrogen-bond acceptors (Lipinski definition) is 4. The molecule has 0 radical (unpaired) electrons. The van der Waals surface area contributed by atoms with Gasteiger partial charge in [-0.3, -0.25) is 0 Å². The van der Waals surface area contributed by atoms with Gasteiger partial charge in [0.2, 0.25) is 0 Å². The molecule has 2 aromatic heterocycles. The van der Waals surface area contributed by atoms with Gasteiger partial charge < -0.3 is 9.64 Å². The minimum absolute atomic E-state index is 0.236. The highest BCUT2D eigenvalue weighted by Gasteiger charge is 2.24. The van der Waals surface area contributed by atoms with E-state index in [1.54, 1.807) is 6.20 Å². The molecule has 1 fully saturated rings. The van der Waals surface area contributed by atoms with Crippen LogP contribution in [0.3, 0.4) is 0 Å². The van der Waals surface area contributed by atoms with E-state index in [1.165, 1.54) is 0 Å². The van der Waals surface area contributed by atoms with E-state index in [-0.39, 0.29) is 12.2 Å². The van der Waals surface area contributed by atoms with E-state index in [1.807, 2.05) is 17.6 Å². The van der Waals surface area contributed by atoms with Gasteiger partial charge in [-0.1, -0.05) is 0 Å². The Morgan fingerprint density at radius 3 is 2.72 bits per heavy atom. The highest BCUT2D eigenvalue weighted by Crippen LogP contribution is 2.23. The molecule has 0 aliphatic carbocycles. The van der Waals surface area contributed by atoms with Crippen LogP contribution in [0.15, 0.2) is 18.5 Å². The number of morpholine rings is 1. The Labute approximate surface area is 106 Å². The molecule has 1 aliphatic rings. The molecule has 96 valence electrons. The highest BCUT2D eigenvalue weighted by molar-refractivity contribution is 5.69. The van der Waals surface area contributed by atoms with Crippen molar-refractivity contribution in [1.29, 1.82) is 0 Å². The monoisotopic (exact) mass is 246 g/mol. The van der Waals surface area contributed by atoms with Crippen molar-refractivity contribution in [2.45, 2.75) is 33.0 Å². The van der Waals surface area contributed by atoms with Crippen LogP contribution in [-0.4, -0.2) is 39.9 Å². The first kappa shape index (κ1) is 11.5. The molecule has 2 atom stereocenters. The summed E-state index contributed by atoms with van der Waals surface area (Å²) < 4.78 is 7.65. The Bertz CT molecular complexity index is 555. The van der Waals surface area contributed by atoms with Crippen molar-refractivity contribution < 1.29 is 4.74 Å². The van der Waals surface area contributed by atoms with Gasteiger partial charge in [0.05, 0.1) is 17.9 Å². The van der Waals surface area contributed by atoms with Crippen LogP contribution in [0.25, 0.3) is 5.52 Å². The Balaban J connectivity index is 2.02. The van der Waals surface area contributed by atoms with Crippen LogP contribution in [0.4, 0.5) is 5.82 Å². The fourth-order valence-corrected chi connectivity index (χ4v) is 2.63. The summed E-state index contributed by atoms with van der Waals surface area (Å²) in [5.41, 5.74) is 2.08. The van der Waals surface area contributed by atoms with Crippen molar-refractivity contribution in [2.24, 2.45) is 0 Å². The van der Waals surface area contributed by atoms with E-state index in [0.717, 1.165) is 30.1 Å². The number of fused-ring (bicyclic) bond motifs is 1. The minimum atomic E-state index is 0.236. The Morgan fingerprint density at radius 2 is 2.00 bits per heavy atom. The zero-order valence-electron chi connectivity index (χ0n) is 11.0. The second-order valence-electron chi connectivity index (χ2n) is 5.03.